The van der Waals surface area contributed by atoms with Crippen molar-refractivity contribution < 1.29 is 49.0 Å². The van der Waals surface area contributed by atoms with Crippen molar-refractivity contribution in [3.63, 3.8) is 0 Å². The number of benzene rings is 1. The van der Waals surface area contributed by atoms with Gasteiger partial charge in [-0.3, -0.25) is 4.90 Å². The summed E-state index contributed by atoms with van der Waals surface area (Å²) in [7, 11) is 0. The van der Waals surface area contributed by atoms with E-state index >= 15 is 0 Å². The Balaban J connectivity index is 1.97. The Morgan fingerprint density at radius 2 is 1.42 bits per heavy atom. The maximum Gasteiger partial charge on any atom is 0.417 e. The predicted octanol–water partition coefficient (Wildman–Crippen LogP) is 7.00. The van der Waals surface area contributed by atoms with Gasteiger partial charge < -0.3 is 4.74 Å². The molecule has 1 aliphatic heterocycles. The molecule has 14 heteroatoms. The Morgan fingerprint density at radius 1 is 0.909 bits per heavy atom. The van der Waals surface area contributed by atoms with Crippen LogP contribution in [0.15, 0.2) is 42.7 Å². The summed E-state index contributed by atoms with van der Waals surface area (Å²) in [6, 6.07) is 1.21. The third-order valence-corrected chi connectivity index (χ3v) is 4.91. The summed E-state index contributed by atoms with van der Waals surface area (Å²) in [5, 5.41) is -0.412. The van der Waals surface area contributed by atoms with Crippen molar-refractivity contribution in [1.29, 1.82) is 0 Å². The molecule has 0 bridgehead atoms. The zero-order valence-corrected chi connectivity index (χ0v) is 16.6. The van der Waals surface area contributed by atoms with Crippen LogP contribution >= 0.6 is 11.6 Å². The smallest absolute Gasteiger partial charge is 0.417 e. The fourth-order valence-corrected chi connectivity index (χ4v) is 3.14. The van der Waals surface area contributed by atoms with Crippen molar-refractivity contribution in [3.05, 3.63) is 75.7 Å². The normalized spacial score (nSPS) is 17.5. The molecule has 33 heavy (non-hydrogen) atoms. The first kappa shape index (κ1) is 24.7. The number of nitrogens with zero attached hydrogens (tertiary/aromatic N) is 2. The van der Waals surface area contributed by atoms with Crippen LogP contribution < -0.4 is 0 Å². The van der Waals surface area contributed by atoms with Gasteiger partial charge >= 0.3 is 24.6 Å². The number of carbonyl (C=O) groups excluding carboxylic acids is 1. The molecule has 2 aromatic rings. The van der Waals surface area contributed by atoms with Crippen molar-refractivity contribution in [3.8, 4) is 0 Å². The number of carbonyl (C=O) groups is 1. The topological polar surface area (TPSA) is 42.4 Å². The van der Waals surface area contributed by atoms with Crippen LogP contribution in [0.4, 0.5) is 44.3 Å². The summed E-state index contributed by atoms with van der Waals surface area (Å²) in [4.78, 5) is 16.3. The summed E-state index contributed by atoms with van der Waals surface area (Å²) in [6.45, 7) is 2.78. The fourth-order valence-electron chi connectivity index (χ4n) is 2.98. The lowest BCUT2D eigenvalue weighted by atomic mass is 9.99. The summed E-state index contributed by atoms with van der Waals surface area (Å²) in [5.74, 6) is 0. The summed E-state index contributed by atoms with van der Waals surface area (Å²) in [5.41, 5.74) is -5.85. The minimum Gasteiger partial charge on any atom is -0.434 e. The highest BCUT2D eigenvalue weighted by Crippen LogP contribution is 2.42. The van der Waals surface area contributed by atoms with Crippen molar-refractivity contribution in [2.45, 2.75) is 31.2 Å². The highest BCUT2D eigenvalue weighted by molar-refractivity contribution is 6.30. The Morgan fingerprint density at radius 3 is 1.91 bits per heavy atom. The van der Waals surface area contributed by atoms with Crippen molar-refractivity contribution in [2.24, 2.45) is 0 Å². The highest BCUT2D eigenvalue weighted by atomic mass is 35.5. The maximum atomic E-state index is 13.1. The number of hydrogen-bond acceptors (Lipinski definition) is 3. The molecule has 0 spiro atoms. The van der Waals surface area contributed by atoms with E-state index < -0.39 is 70.4 Å². The Kier molecular flexibility index (Phi) is 6.07. The molecule has 178 valence electrons. The molecule has 0 N–H and O–H groups in total. The van der Waals surface area contributed by atoms with E-state index in [0.717, 1.165) is 0 Å². The van der Waals surface area contributed by atoms with Gasteiger partial charge in [-0.05, 0) is 29.8 Å². The molecule has 1 fully saturated rings. The van der Waals surface area contributed by atoms with Crippen LogP contribution in [0.2, 0.25) is 5.15 Å². The van der Waals surface area contributed by atoms with Crippen LogP contribution in [-0.4, -0.2) is 16.0 Å². The zero-order chi connectivity index (χ0) is 24.9. The van der Waals surface area contributed by atoms with Crippen LogP contribution in [0.1, 0.15) is 33.9 Å². The second-order valence-corrected chi connectivity index (χ2v) is 7.21. The van der Waals surface area contributed by atoms with Crippen molar-refractivity contribution in [1.82, 2.24) is 9.88 Å². The van der Waals surface area contributed by atoms with Gasteiger partial charge in [-0.2, -0.15) is 39.5 Å². The molecule has 0 radical (unpaired) electrons. The molecule has 0 saturated carbocycles. The van der Waals surface area contributed by atoms with E-state index in [4.69, 9.17) is 16.3 Å². The SMILES string of the molecule is C=C1[C@@H](c2cc(C(F)(F)F)cc(C(F)(F)F)c2)OC(=O)N1Cc1cc(C(F)(F)F)cnc1Cl. The largest absolute Gasteiger partial charge is 0.434 e. The molecule has 3 rings (SSSR count). The lowest BCUT2D eigenvalue weighted by Crippen LogP contribution is -2.22. The number of halogens is 10. The van der Waals surface area contributed by atoms with Crippen LogP contribution in [0.5, 0.6) is 0 Å². The fraction of sp³-hybridized carbons (Fsp3) is 0.263. The van der Waals surface area contributed by atoms with Gasteiger partial charge in [-0.1, -0.05) is 18.2 Å². The van der Waals surface area contributed by atoms with Gasteiger partial charge in [0.25, 0.3) is 0 Å². The third-order valence-electron chi connectivity index (χ3n) is 4.57. The first-order valence-corrected chi connectivity index (χ1v) is 9.04. The molecule has 2 heterocycles. The second-order valence-electron chi connectivity index (χ2n) is 6.85. The second kappa shape index (κ2) is 8.12. The van der Waals surface area contributed by atoms with Crippen LogP contribution in [0.25, 0.3) is 0 Å². The van der Waals surface area contributed by atoms with Gasteiger partial charge in [-0.15, -0.1) is 0 Å². The minimum absolute atomic E-state index is 0.102. The van der Waals surface area contributed by atoms with Crippen LogP contribution in [-0.2, 0) is 29.8 Å². The minimum atomic E-state index is -5.14. The van der Waals surface area contributed by atoms with Gasteiger partial charge in [0.2, 0.25) is 0 Å². The highest BCUT2D eigenvalue weighted by Gasteiger charge is 2.42. The lowest BCUT2D eigenvalue weighted by Gasteiger charge is -2.19. The molecule has 0 unspecified atom stereocenters. The molecule has 1 amide bonds. The molecule has 0 aliphatic carbocycles. The molecule has 1 saturated heterocycles. The number of amides is 1. The number of cyclic esters (lactones) is 1. The zero-order valence-electron chi connectivity index (χ0n) is 15.9. The third kappa shape index (κ3) is 5.18. The Hall–Kier alpha value is -2.96. The van der Waals surface area contributed by atoms with E-state index in [0.29, 0.717) is 29.3 Å². The predicted molar refractivity (Wildman–Crippen MR) is 94.6 cm³/mol. The van der Waals surface area contributed by atoms with Crippen LogP contribution in [0, 0.1) is 0 Å². The number of ether oxygens (including phenoxy) is 1. The monoisotopic (exact) mass is 504 g/mol. The van der Waals surface area contributed by atoms with Gasteiger partial charge in [0.1, 0.15) is 5.15 Å². The first-order valence-electron chi connectivity index (χ1n) is 8.66. The molecule has 1 aromatic carbocycles. The van der Waals surface area contributed by atoms with Gasteiger partial charge in [0, 0.05) is 11.8 Å². The van der Waals surface area contributed by atoms with Crippen molar-refractivity contribution in [2.75, 3.05) is 0 Å². The van der Waals surface area contributed by atoms with Crippen LogP contribution in [0.3, 0.4) is 0 Å². The average molecular weight is 505 g/mol. The summed E-state index contributed by atoms with van der Waals surface area (Å²) < 4.78 is 122. The Labute approximate surface area is 184 Å². The number of alkyl halides is 9. The summed E-state index contributed by atoms with van der Waals surface area (Å²) in [6.07, 6.45) is -17.6. The van der Waals surface area contributed by atoms with Crippen molar-refractivity contribution >= 4 is 17.7 Å². The molecule has 1 atom stereocenters. The molecule has 4 nitrogen and oxygen atoms in total. The maximum absolute atomic E-state index is 13.1. The average Bonchev–Trinajstić information content (AvgIpc) is 2.95. The molecular formula is C19H10ClF9N2O2. The Bertz CT molecular complexity index is 1080. The summed E-state index contributed by atoms with van der Waals surface area (Å²) >= 11 is 5.78. The number of hydrogen-bond donors (Lipinski definition) is 0. The molecular weight excluding hydrogens is 495 g/mol. The number of rotatable bonds is 3. The lowest BCUT2D eigenvalue weighted by molar-refractivity contribution is -0.143. The standard InChI is InChI=1S/C19H10ClF9N2O2/c1-8-14(9-2-11(17(21,22)23)5-12(3-9)18(24,25)26)33-16(32)31(8)7-10-4-13(19(27,28)29)6-30-15(10)20/h2-6,14H,1,7H2/t14-/m0/s1. The van der Waals surface area contributed by atoms with E-state index in [-0.39, 0.29) is 11.6 Å². The number of pyridine rings is 1. The van der Waals surface area contributed by atoms with Gasteiger partial charge in [0.05, 0.1) is 28.9 Å². The van der Waals surface area contributed by atoms with E-state index in [1.807, 2.05) is 0 Å². The molecule has 1 aromatic heterocycles. The van der Waals surface area contributed by atoms with E-state index in [9.17, 15) is 44.3 Å². The van der Waals surface area contributed by atoms with Gasteiger partial charge in [-0.25, -0.2) is 9.78 Å². The molecule has 1 aliphatic rings. The number of aromatic nitrogens is 1. The van der Waals surface area contributed by atoms with E-state index in [1.165, 1.54) is 0 Å². The van der Waals surface area contributed by atoms with E-state index in [2.05, 4.69) is 11.6 Å². The van der Waals surface area contributed by atoms with Gasteiger partial charge in [0.15, 0.2) is 6.10 Å². The first-order chi connectivity index (χ1) is 15.0. The quantitative estimate of drug-likeness (QED) is 0.334. The van der Waals surface area contributed by atoms with E-state index in [1.54, 1.807) is 0 Å².